The highest BCUT2D eigenvalue weighted by atomic mass is 35.5. The van der Waals surface area contributed by atoms with E-state index in [1.54, 1.807) is 0 Å². The van der Waals surface area contributed by atoms with Crippen molar-refractivity contribution in [3.63, 3.8) is 0 Å². The maximum atomic E-state index is 6.01. The van der Waals surface area contributed by atoms with Crippen molar-refractivity contribution in [1.29, 1.82) is 0 Å². The highest BCUT2D eigenvalue weighted by Crippen LogP contribution is 2.32. The number of para-hydroxylation sites is 1. The summed E-state index contributed by atoms with van der Waals surface area (Å²) in [5.74, 6) is 0.541. The van der Waals surface area contributed by atoms with Crippen LogP contribution in [0.15, 0.2) is 24.3 Å². The first-order valence-electron chi connectivity index (χ1n) is 6.45. The zero-order chi connectivity index (χ0) is 14.9. The van der Waals surface area contributed by atoms with Crippen molar-refractivity contribution in [1.82, 2.24) is 9.97 Å². The Morgan fingerprint density at radius 3 is 2.45 bits per heavy atom. The molecule has 0 saturated heterocycles. The summed E-state index contributed by atoms with van der Waals surface area (Å²) in [4.78, 5) is 8.21. The van der Waals surface area contributed by atoms with Gasteiger partial charge in [-0.1, -0.05) is 39.0 Å². The van der Waals surface area contributed by atoms with Crippen LogP contribution in [0.5, 0.6) is 0 Å². The van der Waals surface area contributed by atoms with Crippen molar-refractivity contribution >= 4 is 28.8 Å². The van der Waals surface area contributed by atoms with Crippen molar-refractivity contribution in [3.8, 4) is 0 Å². The predicted molar refractivity (Wildman–Crippen MR) is 84.6 cm³/mol. The minimum absolute atomic E-state index is 0.0181. The molecule has 0 aliphatic carbocycles. The number of nitrogens with two attached hydrogens (primary N) is 1. The van der Waals surface area contributed by atoms with E-state index in [0.717, 1.165) is 5.69 Å². The zero-order valence-corrected chi connectivity index (χ0v) is 12.9. The number of hydrogen-bond acceptors (Lipinski definition) is 4. The van der Waals surface area contributed by atoms with Crippen molar-refractivity contribution in [2.75, 3.05) is 11.1 Å². The number of hydrogen-bond donors (Lipinski definition) is 2. The summed E-state index contributed by atoms with van der Waals surface area (Å²) in [5, 5.41) is 3.46. The molecule has 2 aromatic rings. The van der Waals surface area contributed by atoms with E-state index in [9.17, 15) is 0 Å². The van der Waals surface area contributed by atoms with Crippen LogP contribution in [0.4, 0.5) is 17.2 Å². The quantitative estimate of drug-likeness (QED) is 0.819. The van der Waals surface area contributed by atoms with Crippen LogP contribution in [0.3, 0.4) is 0 Å². The average molecular weight is 291 g/mol. The van der Waals surface area contributed by atoms with Crippen molar-refractivity contribution in [2.45, 2.75) is 33.1 Å². The van der Waals surface area contributed by atoms with Gasteiger partial charge < -0.3 is 11.1 Å². The van der Waals surface area contributed by atoms with Crippen molar-refractivity contribution < 1.29 is 0 Å². The molecule has 5 heteroatoms. The number of aromatic nitrogens is 2. The number of nitrogen functional groups attached to an aromatic ring is 1. The van der Waals surface area contributed by atoms with Gasteiger partial charge in [0.1, 0.15) is 0 Å². The van der Waals surface area contributed by atoms with E-state index in [0.29, 0.717) is 17.2 Å². The molecule has 0 spiro atoms. The number of benzene rings is 1. The Morgan fingerprint density at radius 1 is 1.15 bits per heavy atom. The lowest BCUT2D eigenvalue weighted by atomic mass is 9.86. The number of aryl methyl sites for hydroxylation is 1. The lowest BCUT2D eigenvalue weighted by Gasteiger charge is -2.23. The Kier molecular flexibility index (Phi) is 3.86. The van der Waals surface area contributed by atoms with E-state index < -0.39 is 0 Å². The second kappa shape index (κ2) is 5.29. The fourth-order valence-electron chi connectivity index (χ4n) is 2.02. The van der Waals surface area contributed by atoms with Gasteiger partial charge in [-0.25, -0.2) is 4.98 Å². The standard InChI is InChI=1S/C15H19ClN4/c1-9-12(17)13(20-14(16)18-9)19-11-8-6-5-7-10(11)15(2,3)4/h5-8H,17H2,1-4H3,(H,18,19,20). The van der Waals surface area contributed by atoms with Crippen LogP contribution < -0.4 is 11.1 Å². The van der Waals surface area contributed by atoms with Gasteiger partial charge in [0.25, 0.3) is 0 Å². The maximum Gasteiger partial charge on any atom is 0.224 e. The second-order valence-electron chi connectivity index (χ2n) is 5.76. The van der Waals surface area contributed by atoms with Gasteiger partial charge >= 0.3 is 0 Å². The molecule has 0 fully saturated rings. The molecule has 20 heavy (non-hydrogen) atoms. The van der Waals surface area contributed by atoms with Crippen LogP contribution in [-0.4, -0.2) is 9.97 Å². The summed E-state index contributed by atoms with van der Waals surface area (Å²) in [6.07, 6.45) is 0. The van der Waals surface area contributed by atoms with Crippen LogP contribution in [-0.2, 0) is 5.41 Å². The molecule has 4 nitrogen and oxygen atoms in total. The highest BCUT2D eigenvalue weighted by Gasteiger charge is 2.18. The predicted octanol–water partition coefficient (Wildman–Crippen LogP) is 4.06. The molecule has 1 aromatic heterocycles. The molecule has 0 radical (unpaired) electrons. The fourth-order valence-corrected chi connectivity index (χ4v) is 2.23. The van der Waals surface area contributed by atoms with Gasteiger partial charge in [-0.05, 0) is 35.6 Å². The first-order valence-corrected chi connectivity index (χ1v) is 6.83. The maximum absolute atomic E-state index is 6.01. The minimum Gasteiger partial charge on any atom is -0.394 e. The molecule has 2 rings (SSSR count). The molecule has 0 atom stereocenters. The number of halogens is 1. The van der Waals surface area contributed by atoms with E-state index in [-0.39, 0.29) is 10.7 Å². The Hall–Kier alpha value is -1.81. The third-order valence-electron chi connectivity index (χ3n) is 3.10. The van der Waals surface area contributed by atoms with E-state index in [1.807, 2.05) is 25.1 Å². The van der Waals surface area contributed by atoms with Crippen LogP contribution >= 0.6 is 11.6 Å². The minimum atomic E-state index is 0.0181. The molecule has 0 amide bonds. The smallest absolute Gasteiger partial charge is 0.224 e. The summed E-state index contributed by atoms with van der Waals surface area (Å²) < 4.78 is 0. The summed E-state index contributed by atoms with van der Waals surface area (Å²) in [6.45, 7) is 8.29. The third-order valence-corrected chi connectivity index (χ3v) is 3.27. The van der Waals surface area contributed by atoms with E-state index >= 15 is 0 Å². The largest absolute Gasteiger partial charge is 0.394 e. The lowest BCUT2D eigenvalue weighted by Crippen LogP contribution is -2.14. The number of nitrogens with zero attached hydrogens (tertiary/aromatic N) is 2. The van der Waals surface area contributed by atoms with E-state index in [2.05, 4.69) is 42.1 Å². The molecule has 106 valence electrons. The Morgan fingerprint density at radius 2 is 1.80 bits per heavy atom. The van der Waals surface area contributed by atoms with Gasteiger partial charge in [-0.3, -0.25) is 0 Å². The molecule has 1 aromatic carbocycles. The van der Waals surface area contributed by atoms with E-state index in [1.165, 1.54) is 5.56 Å². The summed E-state index contributed by atoms with van der Waals surface area (Å²) in [6, 6.07) is 8.09. The summed E-state index contributed by atoms with van der Waals surface area (Å²) in [5.41, 5.74) is 9.37. The SMILES string of the molecule is Cc1nc(Cl)nc(Nc2ccccc2C(C)(C)C)c1N. The van der Waals surface area contributed by atoms with Gasteiger partial charge in [0, 0.05) is 5.69 Å². The molecular weight excluding hydrogens is 272 g/mol. The molecule has 1 heterocycles. The van der Waals surface area contributed by atoms with Gasteiger partial charge in [0.05, 0.1) is 11.4 Å². The molecule has 0 aliphatic heterocycles. The summed E-state index contributed by atoms with van der Waals surface area (Å²) in [7, 11) is 0. The molecule has 3 N–H and O–H groups in total. The van der Waals surface area contributed by atoms with Gasteiger partial charge in [-0.2, -0.15) is 4.98 Å². The van der Waals surface area contributed by atoms with Crippen LogP contribution in [0.2, 0.25) is 5.28 Å². The van der Waals surface area contributed by atoms with Gasteiger partial charge in [-0.15, -0.1) is 0 Å². The average Bonchev–Trinajstić information content (AvgIpc) is 2.34. The first-order chi connectivity index (χ1) is 9.29. The number of rotatable bonds is 2. The lowest BCUT2D eigenvalue weighted by molar-refractivity contribution is 0.592. The third kappa shape index (κ3) is 3.02. The number of nitrogens with one attached hydrogen (secondary N) is 1. The molecule has 0 aliphatic rings. The Labute approximate surface area is 124 Å². The Bertz CT molecular complexity index is 632. The van der Waals surface area contributed by atoms with E-state index in [4.69, 9.17) is 17.3 Å². The van der Waals surface area contributed by atoms with Crippen molar-refractivity contribution in [2.24, 2.45) is 0 Å². The second-order valence-corrected chi connectivity index (χ2v) is 6.10. The monoisotopic (exact) mass is 290 g/mol. The molecule has 0 unspecified atom stereocenters. The summed E-state index contributed by atoms with van der Waals surface area (Å²) >= 11 is 5.90. The Balaban J connectivity index is 2.46. The van der Waals surface area contributed by atoms with Crippen LogP contribution in [0.1, 0.15) is 32.0 Å². The normalized spacial score (nSPS) is 11.4. The molecule has 0 saturated carbocycles. The topological polar surface area (TPSA) is 63.8 Å². The van der Waals surface area contributed by atoms with Crippen LogP contribution in [0, 0.1) is 6.92 Å². The zero-order valence-electron chi connectivity index (χ0n) is 12.2. The van der Waals surface area contributed by atoms with Crippen LogP contribution in [0.25, 0.3) is 0 Å². The number of anilines is 3. The van der Waals surface area contributed by atoms with Crippen molar-refractivity contribution in [3.05, 3.63) is 40.8 Å². The highest BCUT2D eigenvalue weighted by molar-refractivity contribution is 6.28. The molecular formula is C15H19ClN4. The van der Waals surface area contributed by atoms with Gasteiger partial charge in [0.2, 0.25) is 5.28 Å². The fraction of sp³-hybridized carbons (Fsp3) is 0.333. The van der Waals surface area contributed by atoms with Gasteiger partial charge in [0.15, 0.2) is 5.82 Å². The first kappa shape index (κ1) is 14.6. The molecule has 0 bridgehead atoms.